The predicted molar refractivity (Wildman–Crippen MR) is 95.5 cm³/mol. The first-order valence-electron chi connectivity index (χ1n) is 7.96. The van der Waals surface area contributed by atoms with Gasteiger partial charge >= 0.3 is 0 Å². The van der Waals surface area contributed by atoms with E-state index in [1.54, 1.807) is 13.2 Å². The van der Waals surface area contributed by atoms with Crippen molar-refractivity contribution in [3.05, 3.63) is 35.0 Å². The summed E-state index contributed by atoms with van der Waals surface area (Å²) in [6.45, 7) is 3.49. The molecule has 1 fully saturated rings. The van der Waals surface area contributed by atoms with E-state index < -0.39 is 0 Å². The Morgan fingerprint density at radius 2 is 2.21 bits per heavy atom. The zero-order valence-corrected chi connectivity index (χ0v) is 14.6. The first-order chi connectivity index (χ1) is 11.6. The molecule has 7 heteroatoms. The van der Waals surface area contributed by atoms with Gasteiger partial charge < -0.3 is 20.1 Å². The molecular weight excluding hydrogens is 328 g/mol. The van der Waals surface area contributed by atoms with Crippen LogP contribution >= 0.6 is 11.6 Å². The van der Waals surface area contributed by atoms with Gasteiger partial charge in [-0.15, -0.1) is 0 Å². The molecule has 2 N–H and O–H groups in total. The zero-order valence-electron chi connectivity index (χ0n) is 13.8. The molecule has 1 saturated heterocycles. The van der Waals surface area contributed by atoms with E-state index in [0.717, 1.165) is 37.4 Å². The summed E-state index contributed by atoms with van der Waals surface area (Å²) in [5, 5.41) is 7.04. The summed E-state index contributed by atoms with van der Waals surface area (Å²) in [6.07, 6.45) is 2.44. The van der Waals surface area contributed by atoms with Gasteiger partial charge in [0.2, 0.25) is 5.95 Å². The average Bonchev–Trinajstić information content (AvgIpc) is 3.06. The number of hydrogen-bond donors (Lipinski definition) is 2. The summed E-state index contributed by atoms with van der Waals surface area (Å²) in [7, 11) is 1.59. The predicted octanol–water partition coefficient (Wildman–Crippen LogP) is 3.78. The topological polar surface area (TPSA) is 68.3 Å². The van der Waals surface area contributed by atoms with Crippen LogP contribution in [0.15, 0.2) is 24.3 Å². The van der Waals surface area contributed by atoms with Gasteiger partial charge in [0.1, 0.15) is 11.6 Å². The van der Waals surface area contributed by atoms with Crippen LogP contribution in [0.4, 0.5) is 17.5 Å². The molecule has 0 spiro atoms. The van der Waals surface area contributed by atoms with Crippen LogP contribution in [0.1, 0.15) is 18.5 Å². The fourth-order valence-electron chi connectivity index (χ4n) is 2.61. The molecular formula is C17H21ClN4O2. The average molecular weight is 349 g/mol. The number of aromatic nitrogens is 2. The molecule has 1 aliphatic rings. The van der Waals surface area contributed by atoms with Gasteiger partial charge in [-0.25, -0.2) is 4.98 Å². The van der Waals surface area contributed by atoms with Gasteiger partial charge in [-0.05, 0) is 38.0 Å². The second-order valence-corrected chi connectivity index (χ2v) is 6.12. The number of halogens is 1. The van der Waals surface area contributed by atoms with E-state index in [4.69, 9.17) is 21.1 Å². The quantitative estimate of drug-likeness (QED) is 0.828. The number of nitrogens with one attached hydrogen (secondary N) is 2. The van der Waals surface area contributed by atoms with Crippen molar-refractivity contribution in [1.29, 1.82) is 0 Å². The number of anilines is 3. The van der Waals surface area contributed by atoms with E-state index >= 15 is 0 Å². The molecule has 2 aromatic rings. The van der Waals surface area contributed by atoms with Gasteiger partial charge in [0.05, 0.1) is 18.2 Å². The van der Waals surface area contributed by atoms with Crippen LogP contribution in [0.3, 0.4) is 0 Å². The second-order valence-electron chi connectivity index (χ2n) is 5.71. The Labute approximate surface area is 146 Å². The van der Waals surface area contributed by atoms with Crippen LogP contribution in [0.25, 0.3) is 0 Å². The van der Waals surface area contributed by atoms with Gasteiger partial charge in [0, 0.05) is 30.6 Å². The summed E-state index contributed by atoms with van der Waals surface area (Å²) in [4.78, 5) is 8.92. The number of methoxy groups -OCH3 is 1. The summed E-state index contributed by atoms with van der Waals surface area (Å²) < 4.78 is 10.8. The van der Waals surface area contributed by atoms with E-state index in [2.05, 4.69) is 20.6 Å². The number of nitrogens with zero attached hydrogens (tertiary/aromatic N) is 2. The van der Waals surface area contributed by atoms with Crippen LogP contribution in [0, 0.1) is 6.92 Å². The van der Waals surface area contributed by atoms with E-state index in [9.17, 15) is 0 Å². The van der Waals surface area contributed by atoms with E-state index in [1.807, 2.05) is 25.1 Å². The van der Waals surface area contributed by atoms with Crippen LogP contribution in [-0.4, -0.2) is 36.3 Å². The molecule has 6 nitrogen and oxygen atoms in total. The van der Waals surface area contributed by atoms with Crippen molar-refractivity contribution < 1.29 is 9.47 Å². The summed E-state index contributed by atoms with van der Waals surface area (Å²) >= 11 is 6.16. The van der Waals surface area contributed by atoms with Crippen molar-refractivity contribution in [2.75, 3.05) is 30.9 Å². The highest BCUT2D eigenvalue weighted by atomic mass is 35.5. The van der Waals surface area contributed by atoms with Crippen molar-refractivity contribution in [1.82, 2.24) is 9.97 Å². The Kier molecular flexibility index (Phi) is 5.37. The van der Waals surface area contributed by atoms with Crippen LogP contribution in [-0.2, 0) is 4.74 Å². The third-order valence-electron chi connectivity index (χ3n) is 3.79. The van der Waals surface area contributed by atoms with Crippen molar-refractivity contribution in [2.24, 2.45) is 0 Å². The van der Waals surface area contributed by atoms with Gasteiger partial charge in [-0.2, -0.15) is 4.98 Å². The van der Waals surface area contributed by atoms with Crippen LogP contribution in [0.2, 0.25) is 5.02 Å². The Morgan fingerprint density at radius 3 is 2.92 bits per heavy atom. The third kappa shape index (κ3) is 4.27. The smallest absolute Gasteiger partial charge is 0.224 e. The summed E-state index contributed by atoms with van der Waals surface area (Å²) in [5.74, 6) is 1.94. The van der Waals surface area contributed by atoms with Crippen molar-refractivity contribution >= 4 is 29.1 Å². The summed E-state index contributed by atoms with van der Waals surface area (Å²) in [5.41, 5.74) is 1.71. The highest BCUT2D eigenvalue weighted by Crippen LogP contribution is 2.28. The minimum atomic E-state index is 0.242. The molecule has 0 amide bonds. The highest BCUT2D eigenvalue weighted by Gasteiger charge is 2.15. The molecule has 0 aliphatic carbocycles. The molecule has 24 heavy (non-hydrogen) atoms. The maximum Gasteiger partial charge on any atom is 0.224 e. The van der Waals surface area contributed by atoms with Gasteiger partial charge in [0.15, 0.2) is 0 Å². The van der Waals surface area contributed by atoms with Gasteiger partial charge in [0.25, 0.3) is 0 Å². The standard InChI is InChI=1S/C17H21ClN4O2/c1-11-8-16(21-12-5-6-15(23-2)14(18)9-12)22-17(20-11)19-10-13-4-3-7-24-13/h5-6,8-9,13H,3-4,7,10H2,1-2H3,(H2,19,20,21,22). The molecule has 0 saturated carbocycles. The molecule has 1 aliphatic heterocycles. The highest BCUT2D eigenvalue weighted by molar-refractivity contribution is 6.32. The lowest BCUT2D eigenvalue weighted by atomic mass is 10.2. The molecule has 2 heterocycles. The summed E-state index contributed by atoms with van der Waals surface area (Å²) in [6, 6.07) is 7.39. The number of hydrogen-bond acceptors (Lipinski definition) is 6. The maximum atomic E-state index is 6.16. The van der Waals surface area contributed by atoms with E-state index in [-0.39, 0.29) is 6.10 Å². The Morgan fingerprint density at radius 1 is 1.33 bits per heavy atom. The lowest BCUT2D eigenvalue weighted by molar-refractivity contribution is 0.120. The second kappa shape index (κ2) is 7.68. The molecule has 1 unspecified atom stereocenters. The van der Waals surface area contributed by atoms with E-state index in [0.29, 0.717) is 22.5 Å². The fourth-order valence-corrected chi connectivity index (χ4v) is 2.87. The zero-order chi connectivity index (χ0) is 16.9. The molecule has 1 atom stereocenters. The van der Waals surface area contributed by atoms with Gasteiger partial charge in [-0.3, -0.25) is 0 Å². The fraction of sp³-hybridized carbons (Fsp3) is 0.412. The SMILES string of the molecule is COc1ccc(Nc2cc(C)nc(NCC3CCCO3)n2)cc1Cl. The lowest BCUT2D eigenvalue weighted by Crippen LogP contribution is -2.20. The van der Waals surface area contributed by atoms with Crippen LogP contribution < -0.4 is 15.4 Å². The van der Waals surface area contributed by atoms with Crippen LogP contribution in [0.5, 0.6) is 5.75 Å². The minimum absolute atomic E-state index is 0.242. The number of rotatable bonds is 6. The normalized spacial score (nSPS) is 16.9. The Hall–Kier alpha value is -2.05. The molecule has 1 aromatic heterocycles. The first kappa shape index (κ1) is 16.8. The minimum Gasteiger partial charge on any atom is -0.495 e. The maximum absolute atomic E-state index is 6.16. The third-order valence-corrected chi connectivity index (χ3v) is 4.09. The molecule has 1 aromatic carbocycles. The van der Waals surface area contributed by atoms with E-state index in [1.165, 1.54) is 0 Å². The molecule has 0 bridgehead atoms. The number of benzene rings is 1. The van der Waals surface area contributed by atoms with Crippen molar-refractivity contribution in [2.45, 2.75) is 25.9 Å². The largest absolute Gasteiger partial charge is 0.495 e. The Bertz CT molecular complexity index is 705. The monoisotopic (exact) mass is 348 g/mol. The molecule has 128 valence electrons. The molecule has 0 radical (unpaired) electrons. The number of ether oxygens (including phenoxy) is 2. The number of aryl methyl sites for hydroxylation is 1. The molecule has 3 rings (SSSR count). The first-order valence-corrected chi connectivity index (χ1v) is 8.33. The van der Waals surface area contributed by atoms with Crippen molar-refractivity contribution in [3.63, 3.8) is 0 Å². The van der Waals surface area contributed by atoms with Crippen molar-refractivity contribution in [3.8, 4) is 5.75 Å². The Balaban J connectivity index is 1.69. The van der Waals surface area contributed by atoms with Gasteiger partial charge in [-0.1, -0.05) is 11.6 Å². The lowest BCUT2D eigenvalue weighted by Gasteiger charge is -2.13.